The summed E-state index contributed by atoms with van der Waals surface area (Å²) in [6.45, 7) is 1.95. The molecule has 5 heteroatoms. The van der Waals surface area contributed by atoms with E-state index in [1.807, 2.05) is 6.92 Å². The number of rotatable bonds is 3. The number of nitrogens with zero attached hydrogens (tertiary/aromatic N) is 1. The van der Waals surface area contributed by atoms with E-state index in [1.165, 1.54) is 11.3 Å². The van der Waals surface area contributed by atoms with Crippen molar-refractivity contribution in [1.29, 1.82) is 5.26 Å². The molecule has 0 unspecified atom stereocenters. The van der Waals surface area contributed by atoms with Crippen LogP contribution in [0.3, 0.4) is 0 Å². The number of nitriles is 1. The number of carbonyl (C=O) groups excluding carboxylic acids is 1. The molecule has 0 saturated heterocycles. The lowest BCUT2D eigenvalue weighted by Gasteiger charge is -2.09. The lowest BCUT2D eigenvalue weighted by molar-refractivity contribution is -0.115. The molecule has 96 valence electrons. The van der Waals surface area contributed by atoms with Crippen LogP contribution in [0.5, 0.6) is 0 Å². The fourth-order valence-corrected chi connectivity index (χ4v) is 3.50. The fourth-order valence-electron chi connectivity index (χ4n) is 2.15. The first-order valence-corrected chi connectivity index (χ1v) is 7.90. The minimum absolute atomic E-state index is 0.0624. The van der Waals surface area contributed by atoms with Crippen molar-refractivity contribution in [3.63, 3.8) is 0 Å². The quantitative estimate of drug-likeness (QED) is 0.862. The van der Waals surface area contributed by atoms with Crippen molar-refractivity contribution in [3.05, 3.63) is 16.0 Å². The monoisotopic (exact) mass is 326 g/mol. The van der Waals surface area contributed by atoms with Crippen molar-refractivity contribution < 1.29 is 4.79 Å². The Morgan fingerprint density at radius 2 is 2.28 bits per heavy atom. The highest BCUT2D eigenvalue weighted by Gasteiger charge is 2.23. The number of halogens is 1. The van der Waals surface area contributed by atoms with E-state index in [2.05, 4.69) is 27.3 Å². The molecule has 0 saturated carbocycles. The Morgan fingerprint density at radius 1 is 1.56 bits per heavy atom. The van der Waals surface area contributed by atoms with Crippen LogP contribution in [0, 0.1) is 11.3 Å². The van der Waals surface area contributed by atoms with Gasteiger partial charge >= 0.3 is 0 Å². The first-order valence-electron chi connectivity index (χ1n) is 6.17. The van der Waals surface area contributed by atoms with Gasteiger partial charge in [-0.3, -0.25) is 4.79 Å². The van der Waals surface area contributed by atoms with Gasteiger partial charge in [-0.15, -0.1) is 11.3 Å². The van der Waals surface area contributed by atoms with Gasteiger partial charge in [0.05, 0.1) is 10.4 Å². The average Bonchev–Trinajstić information content (AvgIpc) is 2.74. The van der Waals surface area contributed by atoms with Crippen LogP contribution in [0.4, 0.5) is 5.00 Å². The predicted molar refractivity (Wildman–Crippen MR) is 77.3 cm³/mol. The minimum Gasteiger partial charge on any atom is -0.316 e. The summed E-state index contributed by atoms with van der Waals surface area (Å²) >= 11 is 4.90. The Bertz CT molecular complexity index is 504. The van der Waals surface area contributed by atoms with Gasteiger partial charge in [-0.25, -0.2) is 0 Å². The number of aryl methyl sites for hydroxylation is 1. The van der Waals surface area contributed by atoms with Crippen LogP contribution in [0.2, 0.25) is 0 Å². The van der Waals surface area contributed by atoms with Gasteiger partial charge in [-0.2, -0.15) is 5.26 Å². The van der Waals surface area contributed by atoms with Crippen LogP contribution >= 0.6 is 27.3 Å². The zero-order valence-electron chi connectivity index (χ0n) is 10.3. The van der Waals surface area contributed by atoms with Gasteiger partial charge in [0.15, 0.2) is 0 Å². The molecule has 1 amide bonds. The van der Waals surface area contributed by atoms with Crippen LogP contribution in [0.25, 0.3) is 0 Å². The molecule has 1 N–H and O–H groups in total. The smallest absolute Gasteiger partial charge is 0.238 e. The zero-order valence-corrected chi connectivity index (χ0v) is 12.7. The Labute approximate surface area is 119 Å². The second kappa shape index (κ2) is 5.85. The molecular formula is C13H15BrN2OS. The van der Waals surface area contributed by atoms with Gasteiger partial charge in [-0.05, 0) is 37.7 Å². The molecule has 0 spiro atoms. The molecule has 18 heavy (non-hydrogen) atoms. The van der Waals surface area contributed by atoms with E-state index in [4.69, 9.17) is 0 Å². The fraction of sp³-hybridized carbons (Fsp3) is 0.538. The Kier molecular flexibility index (Phi) is 4.41. The Balaban J connectivity index is 2.26. The van der Waals surface area contributed by atoms with E-state index in [-0.39, 0.29) is 10.7 Å². The second-order valence-corrected chi connectivity index (χ2v) is 6.60. The number of amides is 1. The molecule has 1 atom stereocenters. The highest BCUT2D eigenvalue weighted by atomic mass is 79.9. The second-order valence-electron chi connectivity index (χ2n) is 4.39. The maximum absolute atomic E-state index is 11.9. The molecule has 1 heterocycles. The zero-order chi connectivity index (χ0) is 13.1. The van der Waals surface area contributed by atoms with Gasteiger partial charge in [0, 0.05) is 4.88 Å². The number of thiophene rings is 1. The molecule has 0 aromatic carbocycles. The number of alkyl halides is 1. The van der Waals surface area contributed by atoms with Gasteiger partial charge in [0.25, 0.3) is 0 Å². The van der Waals surface area contributed by atoms with Crippen LogP contribution < -0.4 is 5.32 Å². The topological polar surface area (TPSA) is 52.9 Å². The molecule has 3 nitrogen and oxygen atoms in total. The minimum atomic E-state index is -0.192. The van der Waals surface area contributed by atoms with E-state index in [0.29, 0.717) is 5.56 Å². The maximum Gasteiger partial charge on any atom is 0.238 e. The Hall–Kier alpha value is -0.860. The summed E-state index contributed by atoms with van der Waals surface area (Å²) in [5.74, 6) is -0.0624. The van der Waals surface area contributed by atoms with Gasteiger partial charge in [-0.1, -0.05) is 22.9 Å². The maximum atomic E-state index is 11.9. The molecule has 1 aliphatic carbocycles. The highest BCUT2D eigenvalue weighted by Crippen LogP contribution is 2.37. The number of hydrogen-bond acceptors (Lipinski definition) is 3. The molecular weight excluding hydrogens is 312 g/mol. The first-order chi connectivity index (χ1) is 8.67. The number of fused-ring (bicyclic) bond motifs is 1. The van der Waals surface area contributed by atoms with E-state index < -0.39 is 0 Å². The summed E-state index contributed by atoms with van der Waals surface area (Å²) in [5, 5.41) is 12.9. The SMILES string of the molecule is CC[C@H](Br)C(=O)Nc1sc2c(c1C#N)CCCC2. The normalized spacial score (nSPS) is 15.6. The van der Waals surface area contributed by atoms with Gasteiger partial charge in [0.1, 0.15) is 11.1 Å². The van der Waals surface area contributed by atoms with Crippen molar-refractivity contribution in [2.75, 3.05) is 5.32 Å². The number of carbonyl (C=O) groups is 1. The standard InChI is InChI=1S/C13H15BrN2OS/c1-2-10(14)12(17)16-13-9(7-15)8-5-3-4-6-11(8)18-13/h10H,2-6H2,1H3,(H,16,17)/t10-/m0/s1. The molecule has 0 aliphatic heterocycles. The predicted octanol–water partition coefficient (Wildman–Crippen LogP) is 3.61. The van der Waals surface area contributed by atoms with Crippen molar-refractivity contribution in [3.8, 4) is 6.07 Å². The molecule has 2 rings (SSSR count). The van der Waals surface area contributed by atoms with E-state index in [9.17, 15) is 10.1 Å². The number of anilines is 1. The summed E-state index contributed by atoms with van der Waals surface area (Å²) in [6.07, 6.45) is 5.06. The van der Waals surface area contributed by atoms with Crippen LogP contribution in [0.1, 0.15) is 42.2 Å². The largest absolute Gasteiger partial charge is 0.316 e. The summed E-state index contributed by atoms with van der Waals surface area (Å²) in [7, 11) is 0. The molecule has 1 aliphatic rings. The van der Waals surface area contributed by atoms with Crippen molar-refractivity contribution in [1.82, 2.24) is 0 Å². The van der Waals surface area contributed by atoms with Crippen molar-refractivity contribution in [2.45, 2.75) is 43.9 Å². The lowest BCUT2D eigenvalue weighted by Crippen LogP contribution is -2.21. The molecule has 0 radical (unpaired) electrons. The first kappa shape index (κ1) is 13.6. The lowest BCUT2D eigenvalue weighted by atomic mass is 9.96. The molecule has 1 aromatic heterocycles. The number of hydrogen-bond donors (Lipinski definition) is 1. The van der Waals surface area contributed by atoms with Gasteiger partial charge < -0.3 is 5.32 Å². The third kappa shape index (κ3) is 2.60. The summed E-state index contributed by atoms with van der Waals surface area (Å²) in [5.41, 5.74) is 1.84. The summed E-state index contributed by atoms with van der Waals surface area (Å²) in [6, 6.07) is 2.25. The Morgan fingerprint density at radius 3 is 2.94 bits per heavy atom. The van der Waals surface area contributed by atoms with E-state index in [0.717, 1.165) is 36.2 Å². The highest BCUT2D eigenvalue weighted by molar-refractivity contribution is 9.10. The molecule has 0 fully saturated rings. The van der Waals surface area contributed by atoms with Crippen LogP contribution in [-0.2, 0) is 17.6 Å². The van der Waals surface area contributed by atoms with Crippen molar-refractivity contribution >= 4 is 38.2 Å². The third-order valence-corrected chi connectivity index (χ3v) is 5.43. The van der Waals surface area contributed by atoms with Gasteiger partial charge in [0.2, 0.25) is 5.91 Å². The average molecular weight is 327 g/mol. The summed E-state index contributed by atoms with van der Waals surface area (Å²) in [4.78, 5) is 12.9. The van der Waals surface area contributed by atoms with E-state index >= 15 is 0 Å². The summed E-state index contributed by atoms with van der Waals surface area (Å²) < 4.78 is 0. The molecule has 1 aromatic rings. The van der Waals surface area contributed by atoms with Crippen LogP contribution in [-0.4, -0.2) is 10.7 Å². The molecule has 0 bridgehead atoms. The number of nitrogens with one attached hydrogen (secondary N) is 1. The van der Waals surface area contributed by atoms with Crippen LogP contribution in [0.15, 0.2) is 0 Å². The van der Waals surface area contributed by atoms with Crippen molar-refractivity contribution in [2.24, 2.45) is 0 Å². The van der Waals surface area contributed by atoms with E-state index in [1.54, 1.807) is 11.3 Å². The third-order valence-electron chi connectivity index (χ3n) is 3.16.